The summed E-state index contributed by atoms with van der Waals surface area (Å²) < 4.78 is 0.737. The van der Waals surface area contributed by atoms with Gasteiger partial charge in [0.1, 0.15) is 6.04 Å². The normalized spacial score (nSPS) is 12.4. The Bertz CT molecular complexity index is 539. The number of amides is 1. The summed E-state index contributed by atoms with van der Waals surface area (Å²) in [5.74, 6) is -0.0468. The van der Waals surface area contributed by atoms with Crippen molar-refractivity contribution in [1.82, 2.24) is 4.90 Å². The molecule has 0 fully saturated rings. The van der Waals surface area contributed by atoms with Crippen LogP contribution in [0.4, 0.5) is 0 Å². The molecular weight excluding hydrogens is 300 g/mol. The predicted molar refractivity (Wildman–Crippen MR) is 81.7 cm³/mol. The van der Waals surface area contributed by atoms with E-state index in [1.54, 1.807) is 4.90 Å². The Balaban J connectivity index is 2.06. The molecule has 1 atom stereocenters. The minimum absolute atomic E-state index is 0.0468. The second kappa shape index (κ2) is 6.52. The Kier molecular flexibility index (Phi) is 4.99. The van der Waals surface area contributed by atoms with Gasteiger partial charge in [0.05, 0.1) is 10.9 Å². The molecule has 6 heteroatoms. The van der Waals surface area contributed by atoms with Gasteiger partial charge in [-0.3, -0.25) is 4.79 Å². The summed E-state index contributed by atoms with van der Waals surface area (Å²) in [6.07, 6.45) is 0. The molecule has 19 heavy (non-hydrogen) atoms. The number of halogens is 1. The molecule has 0 saturated carbocycles. The third-order valence-electron chi connectivity index (χ3n) is 2.78. The average Bonchev–Trinajstić information content (AvgIpc) is 3.05. The van der Waals surface area contributed by atoms with E-state index < -0.39 is 6.04 Å². The van der Waals surface area contributed by atoms with E-state index in [0.29, 0.717) is 13.1 Å². The molecule has 0 aliphatic carbocycles. The second-order valence-corrected chi connectivity index (χ2v) is 6.83. The lowest BCUT2D eigenvalue weighted by Gasteiger charge is -2.23. The van der Waals surface area contributed by atoms with Crippen molar-refractivity contribution in [3.63, 3.8) is 0 Å². The molecular formula is C13H15ClN2OS2. The molecule has 2 aromatic rings. The summed E-state index contributed by atoms with van der Waals surface area (Å²) in [5, 5.41) is 1.93. The number of nitrogens with zero attached hydrogens (tertiary/aromatic N) is 1. The van der Waals surface area contributed by atoms with Crippen molar-refractivity contribution in [3.8, 4) is 0 Å². The van der Waals surface area contributed by atoms with Crippen LogP contribution in [0.3, 0.4) is 0 Å². The Morgan fingerprint density at radius 3 is 2.79 bits per heavy atom. The Morgan fingerprint density at radius 2 is 2.26 bits per heavy atom. The lowest BCUT2D eigenvalue weighted by atomic mass is 10.2. The molecule has 2 rings (SSSR count). The van der Waals surface area contributed by atoms with Gasteiger partial charge in [-0.25, -0.2) is 0 Å². The number of carbonyl (C=O) groups excluding carboxylic acids is 1. The van der Waals surface area contributed by atoms with Gasteiger partial charge in [0.2, 0.25) is 5.91 Å². The fourth-order valence-corrected chi connectivity index (χ4v) is 3.58. The van der Waals surface area contributed by atoms with Gasteiger partial charge in [-0.1, -0.05) is 17.7 Å². The number of thiophene rings is 2. The van der Waals surface area contributed by atoms with E-state index in [1.807, 2.05) is 36.6 Å². The van der Waals surface area contributed by atoms with Crippen molar-refractivity contribution in [1.29, 1.82) is 0 Å². The number of nitrogens with two attached hydrogens (primary N) is 1. The highest BCUT2D eigenvalue weighted by atomic mass is 35.5. The van der Waals surface area contributed by atoms with E-state index in [4.69, 9.17) is 17.3 Å². The molecule has 0 aromatic carbocycles. The van der Waals surface area contributed by atoms with E-state index in [9.17, 15) is 4.79 Å². The maximum absolute atomic E-state index is 12.4. The lowest BCUT2D eigenvalue weighted by Crippen LogP contribution is -2.37. The summed E-state index contributed by atoms with van der Waals surface area (Å²) in [6.45, 7) is 3.15. The summed E-state index contributed by atoms with van der Waals surface area (Å²) in [5.41, 5.74) is 6.01. The molecule has 2 N–H and O–H groups in total. The van der Waals surface area contributed by atoms with Crippen molar-refractivity contribution in [3.05, 3.63) is 43.7 Å². The Hall–Kier alpha value is -0.880. The molecule has 1 unspecified atom stereocenters. The second-order valence-electron chi connectivity index (χ2n) is 4.05. The Morgan fingerprint density at radius 1 is 1.47 bits per heavy atom. The van der Waals surface area contributed by atoms with Crippen LogP contribution in [-0.2, 0) is 11.3 Å². The van der Waals surface area contributed by atoms with E-state index in [0.717, 1.165) is 14.1 Å². The fourth-order valence-electron chi connectivity index (χ4n) is 1.76. The van der Waals surface area contributed by atoms with Crippen LogP contribution in [0.1, 0.15) is 22.7 Å². The molecule has 0 radical (unpaired) electrons. The average molecular weight is 315 g/mol. The van der Waals surface area contributed by atoms with Gasteiger partial charge in [0.25, 0.3) is 0 Å². The van der Waals surface area contributed by atoms with E-state index in [1.165, 1.54) is 22.7 Å². The van der Waals surface area contributed by atoms with E-state index >= 15 is 0 Å². The number of hydrogen-bond acceptors (Lipinski definition) is 4. The molecule has 0 bridgehead atoms. The highest BCUT2D eigenvalue weighted by Gasteiger charge is 2.22. The van der Waals surface area contributed by atoms with Crippen LogP contribution in [-0.4, -0.2) is 17.4 Å². The summed E-state index contributed by atoms with van der Waals surface area (Å²) in [7, 11) is 0. The standard InChI is InChI=1S/C13H15ClN2OS2/c1-2-16(8-9-5-6-11(14)19-9)13(17)12(15)10-4-3-7-18-10/h3-7,12H,2,8,15H2,1H3. The van der Waals surface area contributed by atoms with Crippen molar-refractivity contribution in [2.75, 3.05) is 6.54 Å². The molecule has 0 aliphatic rings. The van der Waals surface area contributed by atoms with Crippen LogP contribution in [0.25, 0.3) is 0 Å². The fraction of sp³-hybridized carbons (Fsp3) is 0.308. The van der Waals surface area contributed by atoms with E-state index in [-0.39, 0.29) is 5.91 Å². The highest BCUT2D eigenvalue weighted by Crippen LogP contribution is 2.24. The topological polar surface area (TPSA) is 46.3 Å². The van der Waals surface area contributed by atoms with Crippen LogP contribution in [0.5, 0.6) is 0 Å². The quantitative estimate of drug-likeness (QED) is 0.918. The first-order valence-corrected chi connectivity index (χ1v) is 8.01. The van der Waals surface area contributed by atoms with Crippen LogP contribution in [0, 0.1) is 0 Å². The van der Waals surface area contributed by atoms with Crippen molar-refractivity contribution in [2.45, 2.75) is 19.5 Å². The van der Waals surface area contributed by atoms with Gasteiger partial charge in [0, 0.05) is 16.3 Å². The van der Waals surface area contributed by atoms with Crippen molar-refractivity contribution < 1.29 is 4.79 Å². The van der Waals surface area contributed by atoms with Crippen LogP contribution < -0.4 is 5.73 Å². The number of rotatable bonds is 5. The minimum Gasteiger partial charge on any atom is -0.336 e. The molecule has 2 heterocycles. The summed E-state index contributed by atoms with van der Waals surface area (Å²) in [4.78, 5) is 16.1. The minimum atomic E-state index is -0.574. The first-order valence-electron chi connectivity index (χ1n) is 5.93. The maximum Gasteiger partial charge on any atom is 0.245 e. The molecule has 0 aliphatic heterocycles. The van der Waals surface area contributed by atoms with Gasteiger partial charge in [-0.15, -0.1) is 22.7 Å². The molecule has 1 amide bonds. The van der Waals surface area contributed by atoms with Gasteiger partial charge in [-0.2, -0.15) is 0 Å². The smallest absolute Gasteiger partial charge is 0.245 e. The zero-order valence-electron chi connectivity index (χ0n) is 10.5. The number of likely N-dealkylation sites (N-methyl/N-ethyl adjacent to an activating group) is 1. The summed E-state index contributed by atoms with van der Waals surface area (Å²) >= 11 is 8.90. The van der Waals surface area contributed by atoms with Crippen LogP contribution in [0.2, 0.25) is 4.34 Å². The van der Waals surface area contributed by atoms with Crippen molar-refractivity contribution >= 4 is 40.2 Å². The Labute approximate surface area is 125 Å². The van der Waals surface area contributed by atoms with Crippen LogP contribution >= 0.6 is 34.3 Å². The highest BCUT2D eigenvalue weighted by molar-refractivity contribution is 7.16. The van der Waals surface area contributed by atoms with Crippen LogP contribution in [0.15, 0.2) is 29.6 Å². The summed E-state index contributed by atoms with van der Waals surface area (Å²) in [6, 6.07) is 7.01. The van der Waals surface area contributed by atoms with Gasteiger partial charge in [0.15, 0.2) is 0 Å². The van der Waals surface area contributed by atoms with Gasteiger partial charge >= 0.3 is 0 Å². The van der Waals surface area contributed by atoms with E-state index in [2.05, 4.69) is 0 Å². The zero-order valence-corrected chi connectivity index (χ0v) is 12.9. The van der Waals surface area contributed by atoms with Crippen molar-refractivity contribution in [2.24, 2.45) is 5.73 Å². The monoisotopic (exact) mass is 314 g/mol. The number of hydrogen-bond donors (Lipinski definition) is 1. The first kappa shape index (κ1) is 14.5. The third kappa shape index (κ3) is 3.57. The molecule has 102 valence electrons. The molecule has 0 spiro atoms. The predicted octanol–water partition coefficient (Wildman–Crippen LogP) is 3.51. The third-order valence-corrected chi connectivity index (χ3v) is 4.96. The molecule has 3 nitrogen and oxygen atoms in total. The zero-order chi connectivity index (χ0) is 13.8. The van der Waals surface area contributed by atoms with Gasteiger partial charge < -0.3 is 10.6 Å². The molecule has 2 aromatic heterocycles. The first-order chi connectivity index (χ1) is 9.11. The largest absolute Gasteiger partial charge is 0.336 e. The van der Waals surface area contributed by atoms with Gasteiger partial charge in [-0.05, 0) is 30.5 Å². The maximum atomic E-state index is 12.4. The number of carbonyl (C=O) groups is 1. The lowest BCUT2D eigenvalue weighted by molar-refractivity contribution is -0.133. The molecule has 0 saturated heterocycles. The SMILES string of the molecule is CCN(Cc1ccc(Cl)s1)C(=O)C(N)c1cccs1.